The number of hydrogen-bond acceptors (Lipinski definition) is 2. The summed E-state index contributed by atoms with van der Waals surface area (Å²) < 4.78 is 0.986. The van der Waals surface area contributed by atoms with Gasteiger partial charge >= 0.3 is 0 Å². The molecule has 1 aromatic carbocycles. The van der Waals surface area contributed by atoms with Gasteiger partial charge in [-0.25, -0.2) is 0 Å². The van der Waals surface area contributed by atoms with Crippen LogP contribution in [0.5, 0.6) is 5.75 Å². The fourth-order valence-corrected chi connectivity index (χ4v) is 3.53. The van der Waals surface area contributed by atoms with E-state index in [0.29, 0.717) is 12.3 Å². The topological polar surface area (TPSA) is 46.2 Å². The van der Waals surface area contributed by atoms with Gasteiger partial charge in [-0.15, -0.1) is 0 Å². The first-order valence-corrected chi connectivity index (χ1v) is 6.66. The Balaban J connectivity index is 2.39. The van der Waals surface area contributed by atoms with Crippen LogP contribution >= 0.6 is 15.9 Å². The van der Waals surface area contributed by atoms with E-state index in [1.807, 2.05) is 6.07 Å². The van der Waals surface area contributed by atoms with E-state index in [1.54, 1.807) is 12.1 Å². The van der Waals surface area contributed by atoms with Crippen LogP contribution < -0.4 is 5.73 Å². The highest BCUT2D eigenvalue weighted by Gasteiger charge is 2.33. The van der Waals surface area contributed by atoms with Gasteiger partial charge in [0.25, 0.3) is 0 Å². The van der Waals surface area contributed by atoms with Crippen LogP contribution in [0.1, 0.15) is 37.7 Å². The van der Waals surface area contributed by atoms with Gasteiger partial charge < -0.3 is 10.8 Å². The third kappa shape index (κ3) is 2.11. The van der Waals surface area contributed by atoms with Crippen LogP contribution in [0.3, 0.4) is 0 Å². The van der Waals surface area contributed by atoms with Gasteiger partial charge in [0.05, 0.1) is 0 Å². The van der Waals surface area contributed by atoms with E-state index < -0.39 is 0 Å². The van der Waals surface area contributed by atoms with Crippen molar-refractivity contribution in [2.75, 3.05) is 6.54 Å². The van der Waals surface area contributed by atoms with Crippen LogP contribution in [0, 0.1) is 0 Å². The first-order valence-electron chi connectivity index (χ1n) is 5.87. The maximum atomic E-state index is 9.43. The molecule has 1 aliphatic rings. The van der Waals surface area contributed by atoms with Crippen molar-refractivity contribution < 1.29 is 5.11 Å². The van der Waals surface area contributed by atoms with Gasteiger partial charge in [0.1, 0.15) is 5.75 Å². The smallest absolute Gasteiger partial charge is 0.116 e. The number of aromatic hydroxyl groups is 1. The Morgan fingerprint density at radius 1 is 1.25 bits per heavy atom. The molecule has 0 spiro atoms. The summed E-state index contributed by atoms with van der Waals surface area (Å²) in [6, 6.07) is 5.53. The van der Waals surface area contributed by atoms with Gasteiger partial charge in [-0.3, -0.25) is 0 Å². The van der Waals surface area contributed by atoms with Crippen LogP contribution in [0.15, 0.2) is 22.7 Å². The van der Waals surface area contributed by atoms with E-state index in [1.165, 1.54) is 24.8 Å². The van der Waals surface area contributed by atoms with Gasteiger partial charge in [-0.2, -0.15) is 0 Å². The molecule has 0 heterocycles. The number of phenols is 1. The summed E-state index contributed by atoms with van der Waals surface area (Å²) in [7, 11) is 0. The van der Waals surface area contributed by atoms with Gasteiger partial charge in [0, 0.05) is 16.4 Å². The quantitative estimate of drug-likeness (QED) is 0.875. The molecule has 3 heteroatoms. The normalized spacial score (nSPS) is 19.6. The summed E-state index contributed by atoms with van der Waals surface area (Å²) >= 11 is 3.54. The lowest BCUT2D eigenvalue weighted by Gasteiger charge is -2.37. The molecule has 0 aromatic heterocycles. The predicted octanol–water partition coefficient (Wildman–Crippen LogP) is 3.32. The highest BCUT2D eigenvalue weighted by atomic mass is 79.9. The van der Waals surface area contributed by atoms with Crippen molar-refractivity contribution in [3.05, 3.63) is 28.2 Å². The molecule has 0 aliphatic heterocycles. The van der Waals surface area contributed by atoms with Crippen LogP contribution in [-0.4, -0.2) is 11.7 Å². The van der Waals surface area contributed by atoms with Crippen molar-refractivity contribution in [3.63, 3.8) is 0 Å². The second-order valence-electron chi connectivity index (χ2n) is 4.71. The molecule has 3 N–H and O–H groups in total. The number of nitrogens with two attached hydrogens (primary N) is 1. The van der Waals surface area contributed by atoms with Gasteiger partial charge in [-0.1, -0.05) is 41.3 Å². The Morgan fingerprint density at radius 3 is 2.50 bits per heavy atom. The third-order valence-corrected chi connectivity index (χ3v) is 4.38. The molecule has 1 aliphatic carbocycles. The van der Waals surface area contributed by atoms with Crippen molar-refractivity contribution in [2.45, 2.75) is 37.5 Å². The Morgan fingerprint density at radius 2 is 1.94 bits per heavy atom. The molecular weight excluding hydrogens is 266 g/mol. The molecule has 88 valence electrons. The maximum Gasteiger partial charge on any atom is 0.116 e. The molecule has 0 bridgehead atoms. The molecule has 1 saturated carbocycles. The summed E-state index contributed by atoms with van der Waals surface area (Å²) in [6.07, 6.45) is 6.15. The second kappa shape index (κ2) is 4.76. The average molecular weight is 284 g/mol. The molecule has 2 rings (SSSR count). The predicted molar refractivity (Wildman–Crippen MR) is 69.6 cm³/mol. The molecule has 0 radical (unpaired) electrons. The summed E-state index contributed by atoms with van der Waals surface area (Å²) in [4.78, 5) is 0. The minimum Gasteiger partial charge on any atom is -0.508 e. The standard InChI is InChI=1S/C13H18BrNO/c14-12-8-10(16)4-5-11(12)13(9-15)6-2-1-3-7-13/h4-5,8,16H,1-3,6-7,9,15H2. The van der Waals surface area contributed by atoms with Crippen molar-refractivity contribution in [2.24, 2.45) is 5.73 Å². The van der Waals surface area contributed by atoms with Gasteiger partial charge in [0.15, 0.2) is 0 Å². The van der Waals surface area contributed by atoms with Crippen LogP contribution in [0.25, 0.3) is 0 Å². The monoisotopic (exact) mass is 283 g/mol. The lowest BCUT2D eigenvalue weighted by atomic mass is 9.69. The number of rotatable bonds is 2. The van der Waals surface area contributed by atoms with E-state index in [0.717, 1.165) is 17.3 Å². The molecule has 0 saturated heterocycles. The second-order valence-corrected chi connectivity index (χ2v) is 5.56. The molecule has 2 nitrogen and oxygen atoms in total. The molecule has 0 amide bonds. The highest BCUT2D eigenvalue weighted by Crippen LogP contribution is 2.42. The molecule has 16 heavy (non-hydrogen) atoms. The summed E-state index contributed by atoms with van der Waals surface area (Å²) in [5.74, 6) is 0.304. The summed E-state index contributed by atoms with van der Waals surface area (Å²) in [5, 5.41) is 9.43. The number of halogens is 1. The zero-order valence-electron chi connectivity index (χ0n) is 9.38. The molecular formula is C13H18BrNO. The molecule has 0 atom stereocenters. The lowest BCUT2D eigenvalue weighted by molar-refractivity contribution is 0.299. The number of hydrogen-bond donors (Lipinski definition) is 2. The van der Waals surface area contributed by atoms with E-state index in [9.17, 15) is 5.11 Å². The van der Waals surface area contributed by atoms with Crippen molar-refractivity contribution in [1.82, 2.24) is 0 Å². The fraction of sp³-hybridized carbons (Fsp3) is 0.538. The van der Waals surface area contributed by atoms with Gasteiger partial charge in [0.2, 0.25) is 0 Å². The number of phenolic OH excluding ortho intramolecular Hbond substituents is 1. The largest absolute Gasteiger partial charge is 0.508 e. The molecule has 1 fully saturated rings. The van der Waals surface area contributed by atoms with Crippen molar-refractivity contribution in [1.29, 1.82) is 0 Å². The van der Waals surface area contributed by atoms with E-state index >= 15 is 0 Å². The van der Waals surface area contributed by atoms with E-state index in [-0.39, 0.29) is 5.41 Å². The SMILES string of the molecule is NCC1(c2ccc(O)cc2Br)CCCCC1. The third-order valence-electron chi connectivity index (χ3n) is 3.73. The number of benzene rings is 1. The minimum atomic E-state index is 0.116. The zero-order chi connectivity index (χ0) is 11.6. The maximum absolute atomic E-state index is 9.43. The fourth-order valence-electron chi connectivity index (χ4n) is 2.75. The zero-order valence-corrected chi connectivity index (χ0v) is 11.0. The Labute approximate surface area is 105 Å². The first kappa shape index (κ1) is 11.9. The van der Waals surface area contributed by atoms with Crippen molar-refractivity contribution >= 4 is 15.9 Å². The van der Waals surface area contributed by atoms with Crippen molar-refractivity contribution in [3.8, 4) is 5.75 Å². The molecule has 1 aromatic rings. The Bertz CT molecular complexity index is 372. The van der Waals surface area contributed by atoms with E-state index in [4.69, 9.17) is 5.73 Å². The average Bonchev–Trinajstić information content (AvgIpc) is 2.30. The van der Waals surface area contributed by atoms with E-state index in [2.05, 4.69) is 15.9 Å². The van der Waals surface area contributed by atoms with Crippen LogP contribution in [0.4, 0.5) is 0 Å². The lowest BCUT2D eigenvalue weighted by Crippen LogP contribution is -2.37. The summed E-state index contributed by atoms with van der Waals surface area (Å²) in [6.45, 7) is 0.691. The molecule has 0 unspecified atom stereocenters. The van der Waals surface area contributed by atoms with Gasteiger partial charge in [-0.05, 0) is 30.5 Å². The highest BCUT2D eigenvalue weighted by molar-refractivity contribution is 9.10. The first-order chi connectivity index (χ1) is 7.68. The Hall–Kier alpha value is -0.540. The summed E-state index contributed by atoms with van der Waals surface area (Å²) in [5.41, 5.74) is 7.37. The minimum absolute atomic E-state index is 0.116. The van der Waals surface area contributed by atoms with Crippen LogP contribution in [0.2, 0.25) is 0 Å². The van der Waals surface area contributed by atoms with Crippen LogP contribution in [-0.2, 0) is 5.41 Å². The Kier molecular flexibility index (Phi) is 3.55.